The molecule has 0 bridgehead atoms. The Hall–Kier alpha value is -2.50. The van der Waals surface area contributed by atoms with Gasteiger partial charge in [-0.15, -0.1) is 12.4 Å². The van der Waals surface area contributed by atoms with E-state index in [2.05, 4.69) is 10.3 Å². The van der Waals surface area contributed by atoms with Gasteiger partial charge in [0.25, 0.3) is 0 Å². The second kappa shape index (κ2) is 7.81. The first-order chi connectivity index (χ1) is 12.2. The van der Waals surface area contributed by atoms with Crippen molar-refractivity contribution in [3.63, 3.8) is 0 Å². The van der Waals surface area contributed by atoms with Crippen molar-refractivity contribution >= 4 is 29.2 Å². The van der Waals surface area contributed by atoms with Gasteiger partial charge >= 0.3 is 0 Å². The van der Waals surface area contributed by atoms with Crippen molar-refractivity contribution < 1.29 is 9.53 Å². The van der Waals surface area contributed by atoms with E-state index in [1.807, 2.05) is 54.7 Å². The molecule has 2 atom stereocenters. The number of para-hydroxylation sites is 2. The molecule has 3 aromatic rings. The lowest BCUT2D eigenvalue weighted by atomic mass is 9.99. The summed E-state index contributed by atoms with van der Waals surface area (Å²) in [6.07, 6.45) is 3.19. The molecule has 4 N–H and O–H groups in total. The first-order valence-corrected chi connectivity index (χ1v) is 8.55. The molecule has 1 amide bonds. The minimum absolute atomic E-state index is 0. The summed E-state index contributed by atoms with van der Waals surface area (Å²) in [5, 5.41) is 4.19. The molecule has 26 heavy (non-hydrogen) atoms. The third-order valence-electron chi connectivity index (χ3n) is 4.73. The maximum atomic E-state index is 12.6. The smallest absolute Gasteiger partial charge is 0.237 e. The van der Waals surface area contributed by atoms with Crippen LogP contribution in [0.15, 0.2) is 54.7 Å². The molecule has 1 aliphatic rings. The van der Waals surface area contributed by atoms with Crippen LogP contribution in [0.4, 0.5) is 0 Å². The molecule has 0 aliphatic carbocycles. The Labute approximate surface area is 158 Å². The highest BCUT2D eigenvalue weighted by atomic mass is 35.5. The summed E-state index contributed by atoms with van der Waals surface area (Å²) >= 11 is 0. The lowest BCUT2D eigenvalue weighted by molar-refractivity contribution is -0.123. The first-order valence-electron chi connectivity index (χ1n) is 8.55. The maximum Gasteiger partial charge on any atom is 0.237 e. The van der Waals surface area contributed by atoms with E-state index in [0.29, 0.717) is 13.0 Å². The number of carbonyl (C=O) groups excluding carboxylic acids is 1. The number of nitrogens with two attached hydrogens (primary N) is 1. The summed E-state index contributed by atoms with van der Waals surface area (Å²) < 4.78 is 5.64. The van der Waals surface area contributed by atoms with Gasteiger partial charge in [-0.05, 0) is 24.1 Å². The van der Waals surface area contributed by atoms with Gasteiger partial charge in [-0.1, -0.05) is 36.4 Å². The third kappa shape index (κ3) is 3.54. The highest BCUT2D eigenvalue weighted by Gasteiger charge is 2.25. The Kier molecular flexibility index (Phi) is 5.49. The fraction of sp³-hybridized carbons (Fsp3) is 0.250. The molecular formula is C20H22ClN3O2. The predicted octanol–water partition coefficient (Wildman–Crippen LogP) is 3.10. The molecular weight excluding hydrogens is 350 g/mol. The molecule has 4 rings (SSSR count). The van der Waals surface area contributed by atoms with Gasteiger partial charge in [0.15, 0.2) is 0 Å². The molecule has 136 valence electrons. The number of benzene rings is 2. The molecule has 0 spiro atoms. The monoisotopic (exact) mass is 371 g/mol. The minimum Gasteiger partial charge on any atom is -0.493 e. The largest absolute Gasteiger partial charge is 0.493 e. The van der Waals surface area contributed by atoms with E-state index in [4.69, 9.17) is 10.5 Å². The van der Waals surface area contributed by atoms with Crippen molar-refractivity contribution in [3.05, 3.63) is 65.9 Å². The summed E-state index contributed by atoms with van der Waals surface area (Å²) in [7, 11) is 0. The number of halogens is 1. The summed E-state index contributed by atoms with van der Waals surface area (Å²) in [5.41, 5.74) is 9.31. The van der Waals surface area contributed by atoms with Crippen LogP contribution in [-0.4, -0.2) is 23.5 Å². The van der Waals surface area contributed by atoms with Crippen molar-refractivity contribution in [1.29, 1.82) is 0 Å². The average Bonchev–Trinajstić information content (AvgIpc) is 3.05. The van der Waals surface area contributed by atoms with Gasteiger partial charge in [0, 0.05) is 29.1 Å². The summed E-state index contributed by atoms with van der Waals surface area (Å²) in [4.78, 5) is 15.8. The highest BCUT2D eigenvalue weighted by Crippen LogP contribution is 2.31. The van der Waals surface area contributed by atoms with Crippen molar-refractivity contribution in [2.45, 2.75) is 24.9 Å². The van der Waals surface area contributed by atoms with Crippen LogP contribution in [0, 0.1) is 0 Å². The summed E-state index contributed by atoms with van der Waals surface area (Å²) in [6, 6.07) is 15.2. The molecule has 6 heteroatoms. The zero-order valence-corrected chi connectivity index (χ0v) is 15.1. The number of hydrogen-bond acceptors (Lipinski definition) is 3. The topological polar surface area (TPSA) is 80.1 Å². The number of fused-ring (bicyclic) bond motifs is 2. The van der Waals surface area contributed by atoms with E-state index < -0.39 is 6.04 Å². The lowest BCUT2D eigenvalue weighted by Gasteiger charge is -2.27. The molecule has 0 radical (unpaired) electrons. The third-order valence-corrected chi connectivity index (χ3v) is 4.73. The van der Waals surface area contributed by atoms with Gasteiger partial charge in [-0.25, -0.2) is 0 Å². The first kappa shape index (κ1) is 18.3. The Morgan fingerprint density at radius 2 is 2.00 bits per heavy atom. The van der Waals surface area contributed by atoms with E-state index >= 15 is 0 Å². The van der Waals surface area contributed by atoms with Crippen molar-refractivity contribution in [2.75, 3.05) is 6.61 Å². The fourth-order valence-corrected chi connectivity index (χ4v) is 3.40. The number of H-pyrrole nitrogens is 1. The zero-order chi connectivity index (χ0) is 17.2. The number of aromatic nitrogens is 1. The van der Waals surface area contributed by atoms with Crippen LogP contribution in [0.1, 0.15) is 23.6 Å². The fourth-order valence-electron chi connectivity index (χ4n) is 3.40. The second-order valence-electron chi connectivity index (χ2n) is 6.41. The van der Waals surface area contributed by atoms with Gasteiger partial charge in [-0.2, -0.15) is 0 Å². The van der Waals surface area contributed by atoms with Gasteiger partial charge in [0.1, 0.15) is 5.75 Å². The van der Waals surface area contributed by atoms with Gasteiger partial charge < -0.3 is 20.8 Å². The van der Waals surface area contributed by atoms with Gasteiger partial charge in [0.05, 0.1) is 18.7 Å². The van der Waals surface area contributed by atoms with E-state index in [-0.39, 0.29) is 24.4 Å². The molecule has 1 aromatic heterocycles. The average molecular weight is 372 g/mol. The standard InChI is InChI=1S/C20H21N3O2.ClH/c21-16(11-13-12-22-17-7-3-1-5-14(13)17)20(24)23-18-9-10-25-19-8-4-2-6-15(18)19;/h1-8,12,16,18,22H,9-11,21H2,(H,23,24);1H/t16-,18?;/m0./s1. The maximum absolute atomic E-state index is 12.6. The number of carbonyl (C=O) groups is 1. The van der Waals surface area contributed by atoms with Crippen LogP contribution in [0.2, 0.25) is 0 Å². The molecule has 0 saturated heterocycles. The van der Waals surface area contributed by atoms with Crippen molar-refractivity contribution in [3.8, 4) is 5.75 Å². The molecule has 1 unspecified atom stereocenters. The Balaban J connectivity index is 0.00000196. The summed E-state index contributed by atoms with van der Waals surface area (Å²) in [5.74, 6) is 0.705. The SMILES string of the molecule is Cl.N[C@@H](Cc1c[nH]c2ccccc12)C(=O)NC1CCOc2ccccc21. The van der Waals surface area contributed by atoms with Crippen LogP contribution in [0.3, 0.4) is 0 Å². The van der Waals surface area contributed by atoms with E-state index in [9.17, 15) is 4.79 Å². The molecule has 2 aromatic carbocycles. The van der Waals surface area contributed by atoms with Crippen molar-refractivity contribution in [2.24, 2.45) is 5.73 Å². The molecule has 2 heterocycles. The zero-order valence-electron chi connectivity index (χ0n) is 14.3. The van der Waals surface area contributed by atoms with E-state index in [0.717, 1.165) is 34.2 Å². The van der Waals surface area contributed by atoms with Crippen LogP contribution in [0.5, 0.6) is 5.75 Å². The Morgan fingerprint density at radius 3 is 2.88 bits per heavy atom. The number of rotatable bonds is 4. The molecule has 0 saturated carbocycles. The summed E-state index contributed by atoms with van der Waals surface area (Å²) in [6.45, 7) is 0.597. The number of ether oxygens (including phenoxy) is 1. The predicted molar refractivity (Wildman–Crippen MR) is 105 cm³/mol. The lowest BCUT2D eigenvalue weighted by Crippen LogP contribution is -2.44. The Morgan fingerprint density at radius 1 is 1.23 bits per heavy atom. The van der Waals surface area contributed by atoms with E-state index in [1.165, 1.54) is 0 Å². The number of nitrogens with one attached hydrogen (secondary N) is 2. The van der Waals surface area contributed by atoms with Gasteiger partial charge in [-0.3, -0.25) is 4.79 Å². The molecule has 0 fully saturated rings. The van der Waals surface area contributed by atoms with Crippen molar-refractivity contribution in [1.82, 2.24) is 10.3 Å². The van der Waals surface area contributed by atoms with E-state index in [1.54, 1.807) is 0 Å². The van der Waals surface area contributed by atoms with Crippen LogP contribution < -0.4 is 15.8 Å². The number of hydrogen-bond donors (Lipinski definition) is 3. The highest BCUT2D eigenvalue weighted by molar-refractivity contribution is 5.86. The van der Waals surface area contributed by atoms with Crippen LogP contribution >= 0.6 is 12.4 Å². The number of aromatic amines is 1. The quantitative estimate of drug-likeness (QED) is 0.659. The second-order valence-corrected chi connectivity index (χ2v) is 6.41. The molecule has 5 nitrogen and oxygen atoms in total. The van der Waals surface area contributed by atoms with Crippen LogP contribution in [-0.2, 0) is 11.2 Å². The molecule has 1 aliphatic heterocycles. The van der Waals surface area contributed by atoms with Gasteiger partial charge in [0.2, 0.25) is 5.91 Å². The Bertz CT molecular complexity index is 909. The number of amides is 1. The van der Waals surface area contributed by atoms with Crippen LogP contribution in [0.25, 0.3) is 10.9 Å². The minimum atomic E-state index is -0.589. The normalized spacial score (nSPS) is 16.9.